The number of carbonyl (C=O) groups is 1. The molecule has 1 aliphatic carbocycles. The van der Waals surface area contributed by atoms with E-state index in [2.05, 4.69) is 26.9 Å². The lowest BCUT2D eigenvalue weighted by Gasteiger charge is -2.25. The van der Waals surface area contributed by atoms with Gasteiger partial charge in [0.05, 0.1) is 0 Å². The lowest BCUT2D eigenvalue weighted by Crippen LogP contribution is -2.44. The largest absolute Gasteiger partial charge is 0.356 e. The Hall–Kier alpha value is -2.17. The third-order valence-corrected chi connectivity index (χ3v) is 5.79. The van der Waals surface area contributed by atoms with Crippen LogP contribution in [0.5, 0.6) is 0 Å². The van der Waals surface area contributed by atoms with Crippen LogP contribution in [0.25, 0.3) is 0 Å². The molecule has 0 aliphatic heterocycles. The molecule has 1 fully saturated rings. The highest BCUT2D eigenvalue weighted by molar-refractivity contribution is 14.0. The quantitative estimate of drug-likeness (QED) is 0.313. The Bertz CT molecular complexity index is 903. The van der Waals surface area contributed by atoms with Gasteiger partial charge in [-0.3, -0.25) is 4.79 Å². The molecule has 1 aromatic heterocycles. The van der Waals surface area contributed by atoms with Crippen LogP contribution in [-0.4, -0.2) is 58.2 Å². The standard InChI is InChI=1S/C23H35N7O.HI/c1-17-27-28-21(30(17)4)16-25-23(26-20-11-6-5-7-12-20)24-14-13-18-9-8-10-19(15-18)22(31)29(2)3;/h8-10,15,20H,5-7,11-14,16H2,1-4H3,(H2,24,25,26);1H. The number of benzene rings is 1. The Kier molecular flexibility index (Phi) is 10.4. The highest BCUT2D eigenvalue weighted by Crippen LogP contribution is 2.17. The molecule has 176 valence electrons. The first-order chi connectivity index (χ1) is 14.9. The van der Waals surface area contributed by atoms with Crippen molar-refractivity contribution in [1.82, 2.24) is 30.3 Å². The summed E-state index contributed by atoms with van der Waals surface area (Å²) in [6, 6.07) is 8.29. The minimum absolute atomic E-state index is 0. The van der Waals surface area contributed by atoms with E-state index in [1.165, 1.54) is 32.1 Å². The van der Waals surface area contributed by atoms with Crippen molar-refractivity contribution in [2.45, 2.75) is 58.0 Å². The van der Waals surface area contributed by atoms with Crippen molar-refractivity contribution in [3.63, 3.8) is 0 Å². The molecule has 0 atom stereocenters. The number of nitrogens with zero attached hydrogens (tertiary/aromatic N) is 5. The van der Waals surface area contributed by atoms with E-state index in [-0.39, 0.29) is 29.9 Å². The summed E-state index contributed by atoms with van der Waals surface area (Å²) in [6.07, 6.45) is 7.01. The molecule has 3 rings (SSSR count). The van der Waals surface area contributed by atoms with Crippen molar-refractivity contribution in [3.05, 3.63) is 47.0 Å². The molecule has 1 heterocycles. The summed E-state index contributed by atoms with van der Waals surface area (Å²) in [5, 5.41) is 15.4. The molecule has 1 saturated carbocycles. The molecular weight excluding hydrogens is 517 g/mol. The second-order valence-corrected chi connectivity index (χ2v) is 8.44. The number of hydrogen-bond donors (Lipinski definition) is 2. The number of guanidine groups is 1. The zero-order chi connectivity index (χ0) is 22.2. The highest BCUT2D eigenvalue weighted by Gasteiger charge is 2.15. The van der Waals surface area contributed by atoms with Crippen LogP contribution in [0.1, 0.15) is 59.7 Å². The number of rotatable bonds is 7. The Morgan fingerprint density at radius 2 is 1.97 bits per heavy atom. The van der Waals surface area contributed by atoms with Gasteiger partial charge in [0.25, 0.3) is 5.91 Å². The SMILES string of the molecule is Cc1nnc(CN=C(NCCc2cccc(C(=O)N(C)C)c2)NC2CCCCC2)n1C.I. The third-order valence-electron chi connectivity index (χ3n) is 5.79. The van der Waals surface area contributed by atoms with Crippen molar-refractivity contribution < 1.29 is 4.79 Å². The Morgan fingerprint density at radius 1 is 1.22 bits per heavy atom. The van der Waals surface area contributed by atoms with Crippen LogP contribution in [0.4, 0.5) is 0 Å². The van der Waals surface area contributed by atoms with E-state index in [4.69, 9.17) is 4.99 Å². The molecule has 0 spiro atoms. The van der Waals surface area contributed by atoms with Crippen molar-refractivity contribution in [1.29, 1.82) is 0 Å². The van der Waals surface area contributed by atoms with Gasteiger partial charge in [0.1, 0.15) is 12.4 Å². The Balaban J connectivity index is 0.00000363. The van der Waals surface area contributed by atoms with Gasteiger partial charge in [0.2, 0.25) is 0 Å². The fourth-order valence-corrected chi connectivity index (χ4v) is 3.77. The lowest BCUT2D eigenvalue weighted by atomic mass is 9.96. The van der Waals surface area contributed by atoms with E-state index in [1.807, 2.05) is 36.7 Å². The topological polar surface area (TPSA) is 87.4 Å². The minimum atomic E-state index is 0. The maximum absolute atomic E-state index is 12.2. The second kappa shape index (κ2) is 12.8. The van der Waals surface area contributed by atoms with E-state index in [0.29, 0.717) is 12.6 Å². The summed E-state index contributed by atoms with van der Waals surface area (Å²) in [6.45, 7) is 3.15. The van der Waals surface area contributed by atoms with Crippen LogP contribution in [0.2, 0.25) is 0 Å². The first-order valence-corrected chi connectivity index (χ1v) is 11.1. The summed E-state index contributed by atoms with van der Waals surface area (Å²) in [7, 11) is 5.51. The molecule has 1 amide bonds. The predicted molar refractivity (Wildman–Crippen MR) is 138 cm³/mol. The van der Waals surface area contributed by atoms with Gasteiger partial charge >= 0.3 is 0 Å². The highest BCUT2D eigenvalue weighted by atomic mass is 127. The van der Waals surface area contributed by atoms with Crippen LogP contribution < -0.4 is 10.6 Å². The monoisotopic (exact) mass is 553 g/mol. The van der Waals surface area contributed by atoms with Crippen molar-refractivity contribution in [2.24, 2.45) is 12.0 Å². The second-order valence-electron chi connectivity index (χ2n) is 8.44. The fourth-order valence-electron chi connectivity index (χ4n) is 3.77. The molecule has 1 aromatic carbocycles. The van der Waals surface area contributed by atoms with Gasteiger partial charge in [-0.05, 0) is 43.9 Å². The molecule has 0 saturated heterocycles. The van der Waals surface area contributed by atoms with E-state index >= 15 is 0 Å². The van der Waals surface area contributed by atoms with Gasteiger partial charge in [0, 0.05) is 39.3 Å². The number of aliphatic imine (C=N–C) groups is 1. The van der Waals surface area contributed by atoms with Gasteiger partial charge < -0.3 is 20.1 Å². The molecule has 0 bridgehead atoms. The van der Waals surface area contributed by atoms with Gasteiger partial charge in [0.15, 0.2) is 11.8 Å². The van der Waals surface area contributed by atoms with Crippen molar-refractivity contribution >= 4 is 35.8 Å². The molecule has 2 N–H and O–H groups in total. The number of carbonyl (C=O) groups excluding carboxylic acids is 1. The molecule has 8 nitrogen and oxygen atoms in total. The average Bonchev–Trinajstić information content (AvgIpc) is 3.10. The van der Waals surface area contributed by atoms with E-state index < -0.39 is 0 Å². The molecule has 0 unspecified atom stereocenters. The maximum atomic E-state index is 12.2. The molecule has 1 aliphatic rings. The van der Waals surface area contributed by atoms with Gasteiger partial charge in [-0.1, -0.05) is 31.4 Å². The number of aryl methyl sites for hydroxylation is 1. The van der Waals surface area contributed by atoms with E-state index in [0.717, 1.165) is 41.7 Å². The Labute approximate surface area is 208 Å². The summed E-state index contributed by atoms with van der Waals surface area (Å²) in [4.78, 5) is 18.6. The summed E-state index contributed by atoms with van der Waals surface area (Å²) < 4.78 is 1.97. The maximum Gasteiger partial charge on any atom is 0.253 e. The first kappa shape index (κ1) is 26.1. The van der Waals surface area contributed by atoms with Gasteiger partial charge in [-0.25, -0.2) is 4.99 Å². The molecular formula is C23H36IN7O. The molecule has 2 aromatic rings. The molecule has 9 heteroatoms. The van der Waals surface area contributed by atoms with E-state index in [1.54, 1.807) is 19.0 Å². The number of amides is 1. The Morgan fingerprint density at radius 3 is 2.62 bits per heavy atom. The summed E-state index contributed by atoms with van der Waals surface area (Å²) >= 11 is 0. The van der Waals surface area contributed by atoms with E-state index in [9.17, 15) is 4.79 Å². The van der Waals surface area contributed by atoms with Crippen LogP contribution in [0, 0.1) is 6.92 Å². The zero-order valence-electron chi connectivity index (χ0n) is 19.6. The predicted octanol–water partition coefficient (Wildman–Crippen LogP) is 3.05. The number of aromatic nitrogens is 3. The number of halogens is 1. The minimum Gasteiger partial charge on any atom is -0.356 e. The summed E-state index contributed by atoms with van der Waals surface area (Å²) in [5.41, 5.74) is 1.84. The van der Waals surface area contributed by atoms with Crippen molar-refractivity contribution in [3.8, 4) is 0 Å². The fraction of sp³-hybridized carbons (Fsp3) is 0.565. The smallest absolute Gasteiger partial charge is 0.253 e. The summed E-state index contributed by atoms with van der Waals surface area (Å²) in [5.74, 6) is 2.56. The zero-order valence-corrected chi connectivity index (χ0v) is 21.9. The third kappa shape index (κ3) is 7.46. The number of nitrogens with one attached hydrogen (secondary N) is 2. The molecule has 0 radical (unpaired) electrons. The average molecular weight is 553 g/mol. The van der Waals surface area contributed by atoms with Gasteiger partial charge in [-0.2, -0.15) is 0 Å². The first-order valence-electron chi connectivity index (χ1n) is 11.1. The van der Waals surface area contributed by atoms with Crippen molar-refractivity contribution in [2.75, 3.05) is 20.6 Å². The van der Waals surface area contributed by atoms with Gasteiger partial charge in [-0.15, -0.1) is 34.2 Å². The van der Waals surface area contributed by atoms with Crippen LogP contribution >= 0.6 is 24.0 Å². The van der Waals surface area contributed by atoms with Crippen LogP contribution in [0.15, 0.2) is 29.3 Å². The van der Waals surface area contributed by atoms with Crippen LogP contribution in [-0.2, 0) is 20.0 Å². The lowest BCUT2D eigenvalue weighted by molar-refractivity contribution is 0.0827. The number of hydrogen-bond acceptors (Lipinski definition) is 4. The van der Waals surface area contributed by atoms with Crippen LogP contribution in [0.3, 0.4) is 0 Å². The molecule has 32 heavy (non-hydrogen) atoms. The normalized spacial score (nSPS) is 14.6.